The van der Waals surface area contributed by atoms with E-state index in [0.29, 0.717) is 0 Å². The van der Waals surface area contributed by atoms with Gasteiger partial charge in [-0.3, -0.25) is 4.79 Å². The predicted octanol–water partition coefficient (Wildman–Crippen LogP) is 3.46. The van der Waals surface area contributed by atoms with Crippen molar-refractivity contribution in [1.29, 1.82) is 5.26 Å². The van der Waals surface area contributed by atoms with Crippen LogP contribution in [-0.4, -0.2) is 5.78 Å². The number of benzene rings is 1. The van der Waals surface area contributed by atoms with Gasteiger partial charge in [-0.25, -0.2) is 8.78 Å². The van der Waals surface area contributed by atoms with Gasteiger partial charge < -0.3 is 0 Å². The van der Waals surface area contributed by atoms with Gasteiger partial charge in [-0.15, -0.1) is 0 Å². The highest BCUT2D eigenvalue weighted by molar-refractivity contribution is 9.10. The summed E-state index contributed by atoms with van der Waals surface area (Å²) in [4.78, 5) is 11.1. The van der Waals surface area contributed by atoms with Gasteiger partial charge >= 0.3 is 0 Å². The van der Waals surface area contributed by atoms with Gasteiger partial charge in [0.1, 0.15) is 6.07 Å². The normalized spacial score (nSPS) is 10.1. The van der Waals surface area contributed by atoms with Crippen LogP contribution in [0, 0.1) is 11.3 Å². The number of alkyl halides is 2. The van der Waals surface area contributed by atoms with Gasteiger partial charge in [0.15, 0.2) is 5.78 Å². The summed E-state index contributed by atoms with van der Waals surface area (Å²) in [6, 6.07) is 4.00. The molecule has 0 saturated heterocycles. The number of hydrogen-bond acceptors (Lipinski definition) is 2. The van der Waals surface area contributed by atoms with E-state index < -0.39 is 12.2 Å². The monoisotopic (exact) mass is 273 g/mol. The number of nitrogens with zero attached hydrogens (tertiary/aromatic N) is 1. The van der Waals surface area contributed by atoms with Gasteiger partial charge in [0.2, 0.25) is 0 Å². The van der Waals surface area contributed by atoms with Crippen LogP contribution in [0.4, 0.5) is 8.78 Å². The van der Waals surface area contributed by atoms with Crippen LogP contribution in [0.2, 0.25) is 0 Å². The van der Waals surface area contributed by atoms with Gasteiger partial charge in [-0.05, 0) is 35.0 Å². The van der Waals surface area contributed by atoms with E-state index in [9.17, 15) is 13.6 Å². The number of carbonyl (C=O) groups excluding carboxylic acids is 1. The minimum absolute atomic E-state index is 0.0159. The number of nitriles is 1. The van der Waals surface area contributed by atoms with Crippen LogP contribution in [-0.2, 0) is 0 Å². The number of halogens is 3. The van der Waals surface area contributed by atoms with Gasteiger partial charge in [0.05, 0.1) is 5.56 Å². The number of Topliss-reactive ketones (excluding diaryl/α,β-unsaturated/α-hetero) is 1. The van der Waals surface area contributed by atoms with Crippen molar-refractivity contribution in [3.8, 4) is 6.07 Å². The van der Waals surface area contributed by atoms with Crippen LogP contribution in [0.1, 0.15) is 34.8 Å². The van der Waals surface area contributed by atoms with E-state index in [4.69, 9.17) is 5.26 Å². The lowest BCUT2D eigenvalue weighted by molar-refractivity contribution is 0.101. The smallest absolute Gasteiger partial charge is 0.263 e. The molecule has 0 bridgehead atoms. The maximum absolute atomic E-state index is 12.4. The van der Waals surface area contributed by atoms with E-state index in [1.165, 1.54) is 6.92 Å². The summed E-state index contributed by atoms with van der Waals surface area (Å²) in [5.41, 5.74) is -0.167. The zero-order valence-corrected chi connectivity index (χ0v) is 9.31. The first-order valence-electron chi connectivity index (χ1n) is 4.00. The summed E-state index contributed by atoms with van der Waals surface area (Å²) in [7, 11) is 0. The van der Waals surface area contributed by atoms with Crippen LogP contribution in [0.5, 0.6) is 0 Å². The van der Waals surface area contributed by atoms with Crippen LogP contribution in [0.25, 0.3) is 0 Å². The third kappa shape index (κ3) is 2.39. The lowest BCUT2D eigenvalue weighted by Gasteiger charge is -2.06. The molecule has 0 heterocycles. The number of ketones is 1. The fourth-order valence-corrected chi connectivity index (χ4v) is 1.71. The standard InChI is InChI=1S/C10H6BrF2NO/c1-5(15)7-2-6(10(12)13)3-9(11)8(7)4-14/h2-3,10H,1H3. The molecule has 2 nitrogen and oxygen atoms in total. The zero-order chi connectivity index (χ0) is 11.6. The summed E-state index contributed by atoms with van der Waals surface area (Å²) < 4.78 is 25.0. The highest BCUT2D eigenvalue weighted by Gasteiger charge is 2.16. The molecule has 1 aromatic rings. The second-order valence-electron chi connectivity index (χ2n) is 2.89. The lowest BCUT2D eigenvalue weighted by atomic mass is 10.0. The molecule has 0 atom stereocenters. The van der Waals surface area contributed by atoms with E-state index in [-0.39, 0.29) is 21.2 Å². The Hall–Kier alpha value is -1.28. The summed E-state index contributed by atoms with van der Waals surface area (Å²) >= 11 is 2.99. The first-order valence-corrected chi connectivity index (χ1v) is 4.79. The predicted molar refractivity (Wildman–Crippen MR) is 53.8 cm³/mol. The van der Waals surface area contributed by atoms with E-state index >= 15 is 0 Å². The van der Waals surface area contributed by atoms with Crippen molar-refractivity contribution in [2.24, 2.45) is 0 Å². The van der Waals surface area contributed by atoms with Crippen LogP contribution >= 0.6 is 15.9 Å². The molecule has 0 saturated carbocycles. The third-order valence-electron chi connectivity index (χ3n) is 1.86. The maximum Gasteiger partial charge on any atom is 0.263 e. The van der Waals surface area contributed by atoms with Crippen molar-refractivity contribution in [1.82, 2.24) is 0 Å². The van der Waals surface area contributed by atoms with Gasteiger partial charge in [0.25, 0.3) is 6.43 Å². The molecular weight excluding hydrogens is 268 g/mol. The van der Waals surface area contributed by atoms with Gasteiger partial charge in [-0.1, -0.05) is 0 Å². The summed E-state index contributed by atoms with van der Waals surface area (Å²) in [6.45, 7) is 1.23. The minimum atomic E-state index is -2.66. The summed E-state index contributed by atoms with van der Waals surface area (Å²) in [5, 5.41) is 8.76. The van der Waals surface area contributed by atoms with Crippen LogP contribution in [0.15, 0.2) is 16.6 Å². The second kappa shape index (κ2) is 4.49. The molecule has 78 valence electrons. The lowest BCUT2D eigenvalue weighted by Crippen LogP contribution is -2.00. The van der Waals surface area contributed by atoms with Crippen molar-refractivity contribution < 1.29 is 13.6 Å². The van der Waals surface area contributed by atoms with E-state index in [1.54, 1.807) is 6.07 Å². The molecule has 0 aliphatic heterocycles. The third-order valence-corrected chi connectivity index (χ3v) is 2.48. The molecule has 1 rings (SSSR count). The Labute approximate surface area is 93.6 Å². The molecule has 0 N–H and O–H groups in total. The molecular formula is C10H6BrF2NO. The van der Waals surface area contributed by atoms with Crippen LogP contribution < -0.4 is 0 Å². The van der Waals surface area contributed by atoms with Crippen molar-refractivity contribution in [2.75, 3.05) is 0 Å². The average Bonchev–Trinajstić information content (AvgIpc) is 2.16. The molecule has 1 aromatic carbocycles. The Morgan fingerprint density at radius 1 is 1.53 bits per heavy atom. The Morgan fingerprint density at radius 3 is 2.53 bits per heavy atom. The fraction of sp³-hybridized carbons (Fsp3) is 0.200. The molecule has 0 aromatic heterocycles. The first kappa shape index (κ1) is 11.8. The van der Waals surface area contributed by atoms with E-state index in [2.05, 4.69) is 15.9 Å². The quantitative estimate of drug-likeness (QED) is 0.775. The molecule has 0 amide bonds. The molecule has 0 radical (unpaired) electrons. The van der Waals surface area contributed by atoms with Crippen LogP contribution in [0.3, 0.4) is 0 Å². The van der Waals surface area contributed by atoms with E-state index in [0.717, 1.165) is 12.1 Å². The molecule has 0 spiro atoms. The molecule has 0 aliphatic carbocycles. The average molecular weight is 274 g/mol. The summed E-state index contributed by atoms with van der Waals surface area (Å²) in [6.07, 6.45) is -2.66. The summed E-state index contributed by atoms with van der Waals surface area (Å²) in [5.74, 6) is -0.408. The van der Waals surface area contributed by atoms with Gasteiger partial charge in [0, 0.05) is 15.6 Å². The number of hydrogen-bond donors (Lipinski definition) is 0. The highest BCUT2D eigenvalue weighted by atomic mass is 79.9. The maximum atomic E-state index is 12.4. The topological polar surface area (TPSA) is 40.9 Å². The second-order valence-corrected chi connectivity index (χ2v) is 3.75. The molecule has 0 aliphatic rings. The number of carbonyl (C=O) groups is 1. The Bertz CT molecular complexity index is 451. The number of rotatable bonds is 2. The zero-order valence-electron chi connectivity index (χ0n) is 7.72. The molecule has 0 fully saturated rings. The Kier molecular flexibility index (Phi) is 3.53. The first-order chi connectivity index (χ1) is 6.97. The largest absolute Gasteiger partial charge is 0.294 e. The van der Waals surface area contributed by atoms with Crippen molar-refractivity contribution in [2.45, 2.75) is 13.3 Å². The van der Waals surface area contributed by atoms with Crippen molar-refractivity contribution >= 4 is 21.7 Å². The minimum Gasteiger partial charge on any atom is -0.294 e. The van der Waals surface area contributed by atoms with Crippen molar-refractivity contribution in [3.63, 3.8) is 0 Å². The molecule has 0 unspecified atom stereocenters. The fourth-order valence-electron chi connectivity index (χ4n) is 1.14. The Balaban J connectivity index is 3.47. The van der Waals surface area contributed by atoms with Gasteiger partial charge in [-0.2, -0.15) is 5.26 Å². The SMILES string of the molecule is CC(=O)c1cc(C(F)F)cc(Br)c1C#N. The van der Waals surface area contributed by atoms with Crippen molar-refractivity contribution in [3.05, 3.63) is 33.3 Å². The molecule has 15 heavy (non-hydrogen) atoms. The van der Waals surface area contributed by atoms with E-state index in [1.807, 2.05) is 0 Å². The highest BCUT2D eigenvalue weighted by Crippen LogP contribution is 2.28. The molecule has 5 heteroatoms. The Morgan fingerprint density at radius 2 is 2.13 bits per heavy atom.